The van der Waals surface area contributed by atoms with E-state index in [1.807, 2.05) is 0 Å². The highest BCUT2D eigenvalue weighted by Crippen LogP contribution is 2.06. The number of nitrogens with zero attached hydrogens (tertiary/aromatic N) is 2. The van der Waals surface area contributed by atoms with Crippen molar-refractivity contribution in [1.82, 2.24) is 10.2 Å². The smallest absolute Gasteiger partial charge is 0.194 e. The molecule has 2 rings (SSSR count). The molecular weight excluding hydrogens is 214 g/mol. The van der Waals surface area contributed by atoms with E-state index in [0.29, 0.717) is 6.61 Å². The molecule has 0 bridgehead atoms. The fourth-order valence-corrected chi connectivity index (χ4v) is 1.82. The second-order valence-electron chi connectivity index (χ2n) is 4.23. The number of benzene rings is 1. The molecule has 4 nitrogen and oxygen atoms in total. The van der Waals surface area contributed by atoms with Crippen molar-refractivity contribution in [3.05, 3.63) is 35.4 Å². The lowest BCUT2D eigenvalue weighted by Crippen LogP contribution is -2.35. The number of guanidine groups is 1. The number of aliphatic imine (C=N–C) groups is 1. The Morgan fingerprint density at radius 3 is 2.59 bits per heavy atom. The minimum absolute atomic E-state index is 0.670. The molecule has 0 radical (unpaired) electrons. The molecule has 0 atom stereocenters. The molecule has 0 amide bonds. The number of hydrogen-bond acceptors (Lipinski definition) is 4. The molecule has 4 heteroatoms. The maximum absolute atomic E-state index is 5.08. The molecule has 0 fully saturated rings. The van der Waals surface area contributed by atoms with Crippen LogP contribution < -0.4 is 5.32 Å². The highest BCUT2D eigenvalue weighted by molar-refractivity contribution is 5.81. The Kier molecular flexibility index (Phi) is 3.98. The van der Waals surface area contributed by atoms with Gasteiger partial charge in [0.2, 0.25) is 0 Å². The lowest BCUT2D eigenvalue weighted by molar-refractivity contribution is 0.185. The third-order valence-electron chi connectivity index (χ3n) is 2.84. The van der Waals surface area contributed by atoms with Gasteiger partial charge in [-0.25, -0.2) is 0 Å². The Bertz CT molecular complexity index is 386. The zero-order valence-corrected chi connectivity index (χ0v) is 10.4. The Morgan fingerprint density at radius 1 is 1.29 bits per heavy atom. The van der Waals surface area contributed by atoms with E-state index >= 15 is 0 Å². The van der Waals surface area contributed by atoms with E-state index in [0.717, 1.165) is 25.6 Å². The summed E-state index contributed by atoms with van der Waals surface area (Å²) >= 11 is 0. The van der Waals surface area contributed by atoms with Gasteiger partial charge in [0.05, 0.1) is 13.2 Å². The van der Waals surface area contributed by atoms with Crippen LogP contribution in [0.1, 0.15) is 11.1 Å². The highest BCUT2D eigenvalue weighted by Gasteiger charge is 2.10. The van der Waals surface area contributed by atoms with Gasteiger partial charge in [-0.15, -0.1) is 0 Å². The number of hydrogen-bond donors (Lipinski definition) is 1. The Hall–Kier alpha value is -1.55. The monoisotopic (exact) mass is 233 g/mol. The summed E-state index contributed by atoms with van der Waals surface area (Å²) in [5.41, 5.74) is 2.46. The van der Waals surface area contributed by atoms with E-state index in [4.69, 9.17) is 4.74 Å². The Labute approximate surface area is 102 Å². The van der Waals surface area contributed by atoms with Crippen LogP contribution in [0.25, 0.3) is 0 Å². The first-order valence-corrected chi connectivity index (χ1v) is 5.86. The van der Waals surface area contributed by atoms with Crippen molar-refractivity contribution in [3.8, 4) is 0 Å². The molecule has 0 saturated carbocycles. The molecule has 1 aliphatic rings. The standard InChI is InChI=1S/C13H19N3O/c1-16-8-7-14-13(16)15-9-11-3-5-12(6-4-11)10-17-2/h3-6H,7-10H2,1-2H3,(H,14,15). The number of methoxy groups -OCH3 is 1. The van der Waals surface area contributed by atoms with Crippen LogP contribution in [0.5, 0.6) is 0 Å². The molecule has 1 aromatic rings. The third kappa shape index (κ3) is 3.20. The van der Waals surface area contributed by atoms with Gasteiger partial charge in [0.15, 0.2) is 5.96 Å². The first-order chi connectivity index (χ1) is 8.29. The molecule has 1 N–H and O–H groups in total. The molecule has 0 spiro atoms. The van der Waals surface area contributed by atoms with E-state index < -0.39 is 0 Å². The van der Waals surface area contributed by atoms with E-state index in [-0.39, 0.29) is 0 Å². The van der Waals surface area contributed by atoms with Crippen LogP contribution in [0.4, 0.5) is 0 Å². The maximum atomic E-state index is 5.08. The summed E-state index contributed by atoms with van der Waals surface area (Å²) in [6.07, 6.45) is 0. The second kappa shape index (κ2) is 5.68. The maximum Gasteiger partial charge on any atom is 0.194 e. The van der Waals surface area contributed by atoms with Crippen LogP contribution in [0, 0.1) is 0 Å². The average Bonchev–Trinajstić information content (AvgIpc) is 2.75. The van der Waals surface area contributed by atoms with Crippen molar-refractivity contribution >= 4 is 5.96 Å². The molecule has 0 unspecified atom stereocenters. The zero-order valence-electron chi connectivity index (χ0n) is 10.4. The fraction of sp³-hybridized carbons (Fsp3) is 0.462. The van der Waals surface area contributed by atoms with Gasteiger partial charge in [-0.05, 0) is 11.1 Å². The molecule has 92 valence electrons. The van der Waals surface area contributed by atoms with Gasteiger partial charge < -0.3 is 15.0 Å². The van der Waals surface area contributed by atoms with Crippen LogP contribution in [0.2, 0.25) is 0 Å². The van der Waals surface area contributed by atoms with Gasteiger partial charge >= 0.3 is 0 Å². The molecular formula is C13H19N3O. The summed E-state index contributed by atoms with van der Waals surface area (Å²) in [4.78, 5) is 6.53. The predicted octanol–water partition coefficient (Wildman–Crippen LogP) is 1.22. The summed E-state index contributed by atoms with van der Waals surface area (Å²) in [6, 6.07) is 8.44. The minimum Gasteiger partial charge on any atom is -0.380 e. The largest absolute Gasteiger partial charge is 0.380 e. The molecule has 0 saturated heterocycles. The summed E-state index contributed by atoms with van der Waals surface area (Å²) in [5.74, 6) is 0.992. The van der Waals surface area contributed by atoms with Gasteiger partial charge in [0, 0.05) is 27.2 Å². The number of likely N-dealkylation sites (N-methyl/N-ethyl adjacent to an activating group) is 1. The Morgan fingerprint density at radius 2 is 2.00 bits per heavy atom. The van der Waals surface area contributed by atoms with Crippen molar-refractivity contribution in [3.63, 3.8) is 0 Å². The molecule has 17 heavy (non-hydrogen) atoms. The quantitative estimate of drug-likeness (QED) is 0.849. The summed E-state index contributed by atoms with van der Waals surface area (Å²) < 4.78 is 5.08. The summed E-state index contributed by atoms with van der Waals surface area (Å²) in [6.45, 7) is 3.39. The third-order valence-corrected chi connectivity index (χ3v) is 2.84. The zero-order chi connectivity index (χ0) is 12.1. The number of nitrogens with one attached hydrogen (secondary N) is 1. The molecule has 0 aliphatic carbocycles. The predicted molar refractivity (Wildman–Crippen MR) is 68.9 cm³/mol. The van der Waals surface area contributed by atoms with E-state index in [9.17, 15) is 0 Å². The van der Waals surface area contributed by atoms with Crippen molar-refractivity contribution in [2.24, 2.45) is 4.99 Å². The number of rotatable bonds is 4. The first kappa shape index (κ1) is 11.9. The lowest BCUT2D eigenvalue weighted by Gasteiger charge is -2.15. The SMILES string of the molecule is COCc1ccc(CNC2=NCCN2C)cc1. The van der Waals surface area contributed by atoms with E-state index in [2.05, 4.69) is 46.5 Å². The van der Waals surface area contributed by atoms with Crippen LogP contribution in [0.3, 0.4) is 0 Å². The van der Waals surface area contributed by atoms with Gasteiger partial charge in [0.25, 0.3) is 0 Å². The van der Waals surface area contributed by atoms with Crippen LogP contribution >= 0.6 is 0 Å². The molecule has 0 aromatic heterocycles. The van der Waals surface area contributed by atoms with Crippen molar-refractivity contribution < 1.29 is 4.74 Å². The number of ether oxygens (including phenoxy) is 1. The van der Waals surface area contributed by atoms with Crippen LogP contribution in [0.15, 0.2) is 29.3 Å². The molecule has 1 aliphatic heterocycles. The van der Waals surface area contributed by atoms with Crippen molar-refractivity contribution in [2.75, 3.05) is 27.2 Å². The lowest BCUT2D eigenvalue weighted by atomic mass is 10.1. The van der Waals surface area contributed by atoms with Crippen LogP contribution in [-0.2, 0) is 17.9 Å². The fourth-order valence-electron chi connectivity index (χ4n) is 1.82. The molecule has 1 aromatic carbocycles. The van der Waals surface area contributed by atoms with Gasteiger partial charge in [0.1, 0.15) is 0 Å². The van der Waals surface area contributed by atoms with Gasteiger partial charge in [-0.1, -0.05) is 24.3 Å². The van der Waals surface area contributed by atoms with Gasteiger partial charge in [-0.3, -0.25) is 4.99 Å². The van der Waals surface area contributed by atoms with Crippen molar-refractivity contribution in [2.45, 2.75) is 13.2 Å². The summed E-state index contributed by atoms with van der Waals surface area (Å²) in [7, 11) is 3.77. The average molecular weight is 233 g/mol. The van der Waals surface area contributed by atoms with E-state index in [1.54, 1.807) is 7.11 Å². The van der Waals surface area contributed by atoms with Crippen LogP contribution in [-0.4, -0.2) is 38.1 Å². The van der Waals surface area contributed by atoms with E-state index in [1.165, 1.54) is 11.1 Å². The normalized spacial score (nSPS) is 14.9. The minimum atomic E-state index is 0.670. The Balaban J connectivity index is 1.86. The molecule has 1 heterocycles. The second-order valence-corrected chi connectivity index (χ2v) is 4.23. The summed E-state index contributed by atoms with van der Waals surface area (Å²) in [5, 5.41) is 3.34. The van der Waals surface area contributed by atoms with Gasteiger partial charge in [-0.2, -0.15) is 0 Å². The topological polar surface area (TPSA) is 36.9 Å². The highest BCUT2D eigenvalue weighted by atomic mass is 16.5. The van der Waals surface area contributed by atoms with Crippen molar-refractivity contribution in [1.29, 1.82) is 0 Å². The first-order valence-electron chi connectivity index (χ1n) is 5.86.